The van der Waals surface area contributed by atoms with Gasteiger partial charge in [0.05, 0.1) is 24.7 Å². The molecular weight excluding hydrogens is 398 g/mol. The molecule has 1 saturated heterocycles. The molecule has 10 heteroatoms. The van der Waals surface area contributed by atoms with Gasteiger partial charge in [0.1, 0.15) is 0 Å². The van der Waals surface area contributed by atoms with E-state index in [1.807, 2.05) is 0 Å². The zero-order valence-electron chi connectivity index (χ0n) is 15.6. The van der Waals surface area contributed by atoms with Gasteiger partial charge in [-0.15, -0.1) is 0 Å². The van der Waals surface area contributed by atoms with Gasteiger partial charge in [0.25, 0.3) is 0 Å². The fourth-order valence-electron chi connectivity index (χ4n) is 3.06. The number of amides is 1. The van der Waals surface area contributed by atoms with E-state index in [0.29, 0.717) is 49.2 Å². The summed E-state index contributed by atoms with van der Waals surface area (Å²) >= 11 is 0. The Morgan fingerprint density at radius 3 is 2.62 bits per heavy atom. The number of hydrogen-bond acceptors (Lipinski definition) is 7. The third-order valence-electron chi connectivity index (χ3n) is 4.55. The number of ether oxygens (including phenoxy) is 3. The third-order valence-corrected chi connectivity index (χ3v) is 6.45. The maximum absolute atomic E-state index is 12.8. The van der Waals surface area contributed by atoms with Crippen molar-refractivity contribution in [1.82, 2.24) is 4.31 Å². The Bertz CT molecular complexity index is 1000. The van der Waals surface area contributed by atoms with Gasteiger partial charge in [-0.25, -0.2) is 8.42 Å². The van der Waals surface area contributed by atoms with Crippen LogP contribution < -0.4 is 20.1 Å². The Morgan fingerprint density at radius 2 is 1.79 bits per heavy atom. The summed E-state index contributed by atoms with van der Waals surface area (Å²) < 4.78 is 42.7. The average molecular weight is 419 g/mol. The first-order chi connectivity index (χ1) is 14.0. The molecule has 9 nitrogen and oxygen atoms in total. The summed E-state index contributed by atoms with van der Waals surface area (Å²) in [5.41, 5.74) is 1.13. The van der Waals surface area contributed by atoms with Crippen molar-refractivity contribution >= 4 is 27.3 Å². The number of nitrogens with zero attached hydrogens (tertiary/aromatic N) is 1. The molecule has 0 aromatic heterocycles. The Hall–Kier alpha value is -2.82. The minimum Gasteiger partial charge on any atom is -0.454 e. The van der Waals surface area contributed by atoms with E-state index in [2.05, 4.69) is 10.6 Å². The van der Waals surface area contributed by atoms with Gasteiger partial charge >= 0.3 is 0 Å². The van der Waals surface area contributed by atoms with Crippen LogP contribution in [0.3, 0.4) is 0 Å². The van der Waals surface area contributed by atoms with Crippen LogP contribution in [0.5, 0.6) is 11.5 Å². The molecule has 0 unspecified atom stereocenters. The molecule has 2 aliphatic heterocycles. The molecule has 29 heavy (non-hydrogen) atoms. The van der Waals surface area contributed by atoms with Crippen molar-refractivity contribution in [3.05, 3.63) is 42.5 Å². The van der Waals surface area contributed by atoms with Crippen molar-refractivity contribution in [3.63, 3.8) is 0 Å². The molecule has 2 aromatic rings. The molecule has 1 fully saturated rings. The highest BCUT2D eigenvalue weighted by Gasteiger charge is 2.26. The summed E-state index contributed by atoms with van der Waals surface area (Å²) in [5, 5.41) is 5.72. The number of nitrogens with one attached hydrogen (secondary N) is 2. The fourth-order valence-corrected chi connectivity index (χ4v) is 4.52. The average Bonchev–Trinajstić information content (AvgIpc) is 3.21. The number of carbonyl (C=O) groups is 1. The Balaban J connectivity index is 1.37. The predicted octanol–water partition coefficient (Wildman–Crippen LogP) is 1.49. The van der Waals surface area contributed by atoms with E-state index >= 15 is 0 Å². The van der Waals surface area contributed by atoms with E-state index in [1.54, 1.807) is 36.4 Å². The number of benzene rings is 2. The lowest BCUT2D eigenvalue weighted by Gasteiger charge is -2.26. The maximum atomic E-state index is 12.8. The minimum absolute atomic E-state index is 0.0184. The molecule has 0 atom stereocenters. The van der Waals surface area contributed by atoms with Gasteiger partial charge in [0.15, 0.2) is 11.5 Å². The van der Waals surface area contributed by atoms with Crippen molar-refractivity contribution in [1.29, 1.82) is 0 Å². The molecule has 154 valence electrons. The van der Waals surface area contributed by atoms with Crippen LogP contribution in [-0.2, 0) is 19.6 Å². The molecule has 2 aliphatic rings. The van der Waals surface area contributed by atoms with Gasteiger partial charge in [0.2, 0.25) is 22.7 Å². The van der Waals surface area contributed by atoms with Crippen molar-refractivity contribution in [2.24, 2.45) is 0 Å². The summed E-state index contributed by atoms with van der Waals surface area (Å²) in [6, 6.07) is 11.6. The second-order valence-corrected chi connectivity index (χ2v) is 8.45. The van der Waals surface area contributed by atoms with Gasteiger partial charge in [-0.2, -0.15) is 4.31 Å². The first kappa shape index (κ1) is 19.5. The van der Waals surface area contributed by atoms with Gasteiger partial charge in [-0.3, -0.25) is 4.79 Å². The van der Waals surface area contributed by atoms with E-state index in [0.717, 1.165) is 0 Å². The topological polar surface area (TPSA) is 106 Å². The van der Waals surface area contributed by atoms with Crippen LogP contribution >= 0.6 is 0 Å². The molecule has 1 amide bonds. The molecule has 0 saturated carbocycles. The Kier molecular flexibility index (Phi) is 5.56. The van der Waals surface area contributed by atoms with Crippen LogP contribution in [0, 0.1) is 0 Å². The Labute approximate surface area is 168 Å². The zero-order valence-corrected chi connectivity index (χ0v) is 16.4. The molecule has 2 heterocycles. The van der Waals surface area contributed by atoms with Crippen LogP contribution in [-0.4, -0.2) is 58.3 Å². The smallest absolute Gasteiger partial charge is 0.243 e. The van der Waals surface area contributed by atoms with Crippen LogP contribution in [0.1, 0.15) is 0 Å². The number of carbonyl (C=O) groups excluding carboxylic acids is 1. The number of fused-ring (bicyclic) bond motifs is 1. The van der Waals surface area contributed by atoms with Crippen molar-refractivity contribution in [2.45, 2.75) is 4.90 Å². The number of sulfonamides is 1. The number of hydrogen-bond donors (Lipinski definition) is 2. The van der Waals surface area contributed by atoms with E-state index in [1.165, 1.54) is 10.4 Å². The predicted molar refractivity (Wildman–Crippen MR) is 106 cm³/mol. The number of anilines is 2. The second kappa shape index (κ2) is 8.27. The normalized spacial score (nSPS) is 16.4. The number of rotatable bonds is 6. The lowest BCUT2D eigenvalue weighted by molar-refractivity contribution is -0.114. The lowest BCUT2D eigenvalue weighted by atomic mass is 10.2. The SMILES string of the molecule is O=C(CNc1cccc(S(=O)(=O)N2CCOCC2)c1)Nc1ccc2c(c1)OCO2. The summed E-state index contributed by atoms with van der Waals surface area (Å²) in [6.07, 6.45) is 0. The summed E-state index contributed by atoms with van der Waals surface area (Å²) in [4.78, 5) is 12.4. The summed E-state index contributed by atoms with van der Waals surface area (Å²) in [7, 11) is -3.59. The van der Waals surface area contributed by atoms with Crippen LogP contribution in [0.2, 0.25) is 0 Å². The van der Waals surface area contributed by atoms with Crippen LogP contribution in [0.4, 0.5) is 11.4 Å². The van der Waals surface area contributed by atoms with Crippen molar-refractivity contribution in [2.75, 3.05) is 50.3 Å². The lowest BCUT2D eigenvalue weighted by Crippen LogP contribution is -2.40. The largest absolute Gasteiger partial charge is 0.454 e. The number of morpholine rings is 1. The van der Waals surface area contributed by atoms with E-state index < -0.39 is 10.0 Å². The first-order valence-corrected chi connectivity index (χ1v) is 10.6. The molecule has 0 spiro atoms. The standard InChI is InChI=1S/C19H21N3O6S/c23-19(21-15-4-5-17-18(11-15)28-13-27-17)12-20-14-2-1-3-16(10-14)29(24,25)22-6-8-26-9-7-22/h1-5,10-11,20H,6-9,12-13H2,(H,21,23). The second-order valence-electron chi connectivity index (χ2n) is 6.51. The van der Waals surface area contributed by atoms with Gasteiger partial charge in [-0.1, -0.05) is 6.07 Å². The highest BCUT2D eigenvalue weighted by atomic mass is 32.2. The Morgan fingerprint density at radius 1 is 1.00 bits per heavy atom. The van der Waals surface area contributed by atoms with E-state index in [-0.39, 0.29) is 24.1 Å². The molecular formula is C19H21N3O6S. The molecule has 4 rings (SSSR count). The monoisotopic (exact) mass is 419 g/mol. The summed E-state index contributed by atoms with van der Waals surface area (Å²) in [6.45, 7) is 1.58. The van der Waals surface area contributed by atoms with Gasteiger partial charge in [0, 0.05) is 30.5 Å². The molecule has 0 bridgehead atoms. The molecule has 2 aromatic carbocycles. The quantitative estimate of drug-likeness (QED) is 0.731. The van der Waals surface area contributed by atoms with Crippen LogP contribution in [0.15, 0.2) is 47.4 Å². The van der Waals surface area contributed by atoms with E-state index in [4.69, 9.17) is 14.2 Å². The van der Waals surface area contributed by atoms with Crippen molar-refractivity contribution < 1.29 is 27.4 Å². The molecule has 0 aliphatic carbocycles. The molecule has 2 N–H and O–H groups in total. The first-order valence-electron chi connectivity index (χ1n) is 9.14. The highest BCUT2D eigenvalue weighted by molar-refractivity contribution is 7.89. The van der Waals surface area contributed by atoms with Crippen LogP contribution in [0.25, 0.3) is 0 Å². The van der Waals surface area contributed by atoms with E-state index in [9.17, 15) is 13.2 Å². The maximum Gasteiger partial charge on any atom is 0.243 e. The van der Waals surface area contributed by atoms with Crippen molar-refractivity contribution in [3.8, 4) is 11.5 Å². The summed E-state index contributed by atoms with van der Waals surface area (Å²) in [5.74, 6) is 0.946. The van der Waals surface area contributed by atoms with Gasteiger partial charge in [-0.05, 0) is 30.3 Å². The fraction of sp³-hybridized carbons (Fsp3) is 0.316. The molecule has 0 radical (unpaired) electrons. The van der Waals surface area contributed by atoms with Gasteiger partial charge < -0.3 is 24.8 Å². The minimum atomic E-state index is -3.59. The zero-order chi connectivity index (χ0) is 20.3. The highest BCUT2D eigenvalue weighted by Crippen LogP contribution is 2.34. The third kappa shape index (κ3) is 4.44.